The molecule has 0 radical (unpaired) electrons. The smallest absolute Gasteiger partial charge is 0.236 e. The number of likely N-dealkylation sites (tertiary alicyclic amines) is 1. The summed E-state index contributed by atoms with van der Waals surface area (Å²) in [6.45, 7) is 10.2. The lowest BCUT2D eigenvalue weighted by atomic mass is 10.1. The maximum atomic E-state index is 12.3. The second-order valence-electron chi connectivity index (χ2n) is 7.98. The summed E-state index contributed by atoms with van der Waals surface area (Å²) in [5.41, 5.74) is 0. The number of nitrogens with zero attached hydrogens (tertiary/aromatic N) is 4. The molecule has 0 aromatic heterocycles. The van der Waals surface area contributed by atoms with E-state index in [4.69, 9.17) is 9.47 Å². The minimum absolute atomic E-state index is 0. The van der Waals surface area contributed by atoms with E-state index in [0.717, 1.165) is 104 Å². The van der Waals surface area contributed by atoms with Crippen molar-refractivity contribution in [3.05, 3.63) is 0 Å². The van der Waals surface area contributed by atoms with Crippen molar-refractivity contribution < 1.29 is 14.3 Å². The maximum Gasteiger partial charge on any atom is 0.236 e. The van der Waals surface area contributed by atoms with Gasteiger partial charge in [0.2, 0.25) is 5.91 Å². The third-order valence-corrected chi connectivity index (χ3v) is 5.83. The largest absolute Gasteiger partial charge is 0.381 e. The molecule has 0 aliphatic carbocycles. The fourth-order valence-electron chi connectivity index (χ4n) is 4.05. The Morgan fingerprint density at radius 1 is 1.14 bits per heavy atom. The normalized spacial score (nSPS) is 23.3. The fraction of sp³-hybridized carbons (Fsp3) is 0.900. The Balaban J connectivity index is 0.00000300. The molecule has 3 heterocycles. The van der Waals surface area contributed by atoms with E-state index in [9.17, 15) is 4.79 Å². The van der Waals surface area contributed by atoms with E-state index >= 15 is 0 Å². The van der Waals surface area contributed by atoms with Gasteiger partial charge >= 0.3 is 0 Å². The second-order valence-corrected chi connectivity index (χ2v) is 7.98. The fourth-order valence-corrected chi connectivity index (χ4v) is 4.05. The van der Waals surface area contributed by atoms with Crippen molar-refractivity contribution in [2.24, 2.45) is 10.9 Å². The average molecular weight is 523 g/mol. The highest BCUT2D eigenvalue weighted by atomic mass is 127. The van der Waals surface area contributed by atoms with Gasteiger partial charge in [-0.25, -0.2) is 0 Å². The van der Waals surface area contributed by atoms with Crippen molar-refractivity contribution in [1.82, 2.24) is 20.0 Å². The molecule has 1 N–H and O–H groups in total. The molecule has 3 rings (SSSR count). The molecule has 3 saturated heterocycles. The number of amides is 1. The number of rotatable bonds is 8. The molecular formula is C20H38IN5O3. The van der Waals surface area contributed by atoms with Crippen molar-refractivity contribution in [1.29, 1.82) is 0 Å². The Hall–Kier alpha value is -0.650. The first-order chi connectivity index (χ1) is 13.8. The zero-order valence-electron chi connectivity index (χ0n) is 17.8. The number of ether oxygens (including phenoxy) is 2. The molecule has 1 atom stereocenters. The molecule has 3 aliphatic rings. The van der Waals surface area contributed by atoms with Gasteiger partial charge in [-0.05, 0) is 25.7 Å². The molecular weight excluding hydrogens is 485 g/mol. The molecule has 29 heavy (non-hydrogen) atoms. The van der Waals surface area contributed by atoms with E-state index < -0.39 is 0 Å². The van der Waals surface area contributed by atoms with E-state index in [2.05, 4.69) is 20.1 Å². The van der Waals surface area contributed by atoms with Gasteiger partial charge in [0.15, 0.2) is 5.96 Å². The molecule has 0 bridgehead atoms. The topological polar surface area (TPSA) is 69.6 Å². The van der Waals surface area contributed by atoms with E-state index in [1.54, 1.807) is 0 Å². The van der Waals surface area contributed by atoms with Crippen molar-refractivity contribution in [3.8, 4) is 0 Å². The number of piperazine rings is 1. The third-order valence-electron chi connectivity index (χ3n) is 5.83. The SMILES string of the molecule is CN=C(NCCCOCC1CCOC1)N1CCN(CC(=O)N2CCCC2)CC1.I. The zero-order chi connectivity index (χ0) is 19.6. The molecule has 1 unspecified atom stereocenters. The van der Waals surface area contributed by atoms with Crippen molar-refractivity contribution in [2.45, 2.75) is 25.7 Å². The summed E-state index contributed by atoms with van der Waals surface area (Å²) >= 11 is 0. The van der Waals surface area contributed by atoms with Gasteiger partial charge in [-0.3, -0.25) is 14.7 Å². The van der Waals surface area contributed by atoms with Gasteiger partial charge in [0, 0.05) is 72.0 Å². The lowest BCUT2D eigenvalue weighted by Gasteiger charge is -2.36. The molecule has 0 aromatic rings. The van der Waals surface area contributed by atoms with Crippen LogP contribution in [0.4, 0.5) is 0 Å². The Morgan fingerprint density at radius 2 is 1.90 bits per heavy atom. The molecule has 0 spiro atoms. The quantitative estimate of drug-likeness (QED) is 0.221. The van der Waals surface area contributed by atoms with Crippen molar-refractivity contribution in [2.75, 3.05) is 85.8 Å². The third kappa shape index (κ3) is 8.18. The monoisotopic (exact) mass is 523 g/mol. The number of hydrogen-bond acceptors (Lipinski definition) is 5. The highest BCUT2D eigenvalue weighted by Crippen LogP contribution is 2.12. The van der Waals surface area contributed by atoms with Crippen LogP contribution in [0.2, 0.25) is 0 Å². The first-order valence-corrected chi connectivity index (χ1v) is 10.9. The van der Waals surface area contributed by atoms with Crippen LogP contribution < -0.4 is 5.32 Å². The first kappa shape index (κ1) is 24.6. The average Bonchev–Trinajstić information content (AvgIpc) is 3.42. The molecule has 3 fully saturated rings. The lowest BCUT2D eigenvalue weighted by molar-refractivity contribution is -0.131. The van der Waals surface area contributed by atoms with Crippen LogP contribution in [0.25, 0.3) is 0 Å². The van der Waals surface area contributed by atoms with Gasteiger partial charge in [0.05, 0.1) is 19.8 Å². The number of halogens is 1. The number of aliphatic imine (C=N–C) groups is 1. The van der Waals surface area contributed by atoms with Crippen LogP contribution in [0.3, 0.4) is 0 Å². The van der Waals surface area contributed by atoms with Crippen LogP contribution in [0.15, 0.2) is 4.99 Å². The van der Waals surface area contributed by atoms with E-state index in [1.165, 1.54) is 0 Å². The zero-order valence-corrected chi connectivity index (χ0v) is 20.1. The van der Waals surface area contributed by atoms with Crippen molar-refractivity contribution in [3.63, 3.8) is 0 Å². The van der Waals surface area contributed by atoms with Crippen LogP contribution in [0.5, 0.6) is 0 Å². The second kappa shape index (κ2) is 13.6. The van der Waals surface area contributed by atoms with E-state index in [0.29, 0.717) is 12.5 Å². The van der Waals surface area contributed by atoms with Crippen LogP contribution in [0, 0.1) is 5.92 Å². The Bertz CT molecular complexity index is 502. The standard InChI is InChI=1S/C20H37N5O3.HI/c1-21-20(22-6-4-13-27-16-18-5-14-28-17-18)25-11-9-23(10-12-25)15-19(26)24-7-2-3-8-24;/h18H,2-17H2,1H3,(H,21,22);1H. The molecule has 0 aromatic carbocycles. The van der Waals surface area contributed by atoms with Gasteiger partial charge < -0.3 is 24.6 Å². The highest BCUT2D eigenvalue weighted by Gasteiger charge is 2.24. The van der Waals surface area contributed by atoms with Gasteiger partial charge in [0.1, 0.15) is 0 Å². The summed E-state index contributed by atoms with van der Waals surface area (Å²) in [4.78, 5) is 23.3. The first-order valence-electron chi connectivity index (χ1n) is 10.9. The molecule has 168 valence electrons. The van der Waals surface area contributed by atoms with Gasteiger partial charge in [-0.1, -0.05) is 0 Å². The number of nitrogens with one attached hydrogen (secondary N) is 1. The molecule has 8 nitrogen and oxygen atoms in total. The minimum Gasteiger partial charge on any atom is -0.381 e. The number of carbonyl (C=O) groups is 1. The van der Waals surface area contributed by atoms with Crippen molar-refractivity contribution >= 4 is 35.8 Å². The van der Waals surface area contributed by atoms with E-state index in [1.807, 2.05) is 11.9 Å². The summed E-state index contributed by atoms with van der Waals surface area (Å²) in [6, 6.07) is 0. The highest BCUT2D eigenvalue weighted by molar-refractivity contribution is 14.0. The van der Waals surface area contributed by atoms with Crippen LogP contribution in [0.1, 0.15) is 25.7 Å². The summed E-state index contributed by atoms with van der Waals surface area (Å²) in [7, 11) is 1.84. The number of guanidine groups is 1. The molecule has 9 heteroatoms. The number of hydrogen-bond donors (Lipinski definition) is 1. The maximum absolute atomic E-state index is 12.3. The summed E-state index contributed by atoms with van der Waals surface area (Å²) in [5.74, 6) is 1.82. The van der Waals surface area contributed by atoms with Gasteiger partial charge in [0.25, 0.3) is 0 Å². The molecule has 0 saturated carbocycles. The summed E-state index contributed by atoms with van der Waals surface area (Å²) < 4.78 is 11.1. The minimum atomic E-state index is 0. The summed E-state index contributed by atoms with van der Waals surface area (Å²) in [6.07, 6.45) is 4.40. The Morgan fingerprint density at radius 3 is 2.55 bits per heavy atom. The van der Waals surface area contributed by atoms with Gasteiger partial charge in [-0.2, -0.15) is 0 Å². The Kier molecular flexibility index (Phi) is 11.6. The van der Waals surface area contributed by atoms with E-state index in [-0.39, 0.29) is 29.9 Å². The summed E-state index contributed by atoms with van der Waals surface area (Å²) in [5, 5.41) is 3.45. The molecule has 3 aliphatic heterocycles. The van der Waals surface area contributed by atoms with Gasteiger partial charge in [-0.15, -0.1) is 24.0 Å². The van der Waals surface area contributed by atoms with Crippen LogP contribution >= 0.6 is 24.0 Å². The predicted molar refractivity (Wildman–Crippen MR) is 125 cm³/mol. The Labute approximate surface area is 192 Å². The molecule has 1 amide bonds. The number of carbonyl (C=O) groups excluding carboxylic acids is 1. The van der Waals surface area contributed by atoms with Crippen LogP contribution in [-0.4, -0.2) is 112 Å². The van der Waals surface area contributed by atoms with Crippen LogP contribution in [-0.2, 0) is 14.3 Å². The lowest BCUT2D eigenvalue weighted by Crippen LogP contribution is -2.54. The predicted octanol–water partition coefficient (Wildman–Crippen LogP) is 0.863.